The minimum atomic E-state index is -0.132. The normalized spacial score (nSPS) is 14.4. The van der Waals surface area contributed by atoms with Crippen molar-refractivity contribution >= 4 is 49.8 Å². The molecule has 0 amide bonds. The number of para-hydroxylation sites is 1. The van der Waals surface area contributed by atoms with Crippen molar-refractivity contribution in [1.82, 2.24) is 0 Å². The minimum absolute atomic E-state index is 0.0759. The summed E-state index contributed by atoms with van der Waals surface area (Å²) in [4.78, 5) is 2.45. The Morgan fingerprint density at radius 1 is 0.379 bits per heavy atom. The van der Waals surface area contributed by atoms with Crippen LogP contribution in [0, 0.1) is 0 Å². The molecule has 0 heterocycles. The average molecular weight is 846 g/mol. The van der Waals surface area contributed by atoms with Gasteiger partial charge >= 0.3 is 0 Å². The van der Waals surface area contributed by atoms with Crippen molar-refractivity contribution in [3.63, 3.8) is 0 Å². The number of benzene rings is 10. The standard InChI is InChI=1S/C65H51N/c1-6-52(31-24-42-25-33-59-55(34-42)56-36-46-18-10-12-20-48(46)39-60(56)64(59,2)3)66(63-23-15-14-22-54(63)45-28-26-44(27-29-45)43-16-8-7-9-17-43)53-32-30-50-38-58-57-37-47-19-11-13-21-49(47)40-61(57)65(4,5)62(58)41-51(50)35-53/h6-41H,1-5H3/b31-24-,52-6+. The zero-order chi connectivity index (χ0) is 44.7. The number of anilines is 2. The van der Waals surface area contributed by atoms with Gasteiger partial charge < -0.3 is 4.90 Å². The van der Waals surface area contributed by atoms with Crippen LogP contribution >= 0.6 is 0 Å². The predicted molar refractivity (Wildman–Crippen MR) is 283 cm³/mol. The van der Waals surface area contributed by atoms with Gasteiger partial charge in [-0.15, -0.1) is 0 Å². The third-order valence-corrected chi connectivity index (χ3v) is 14.8. The topological polar surface area (TPSA) is 3.24 Å². The highest BCUT2D eigenvalue weighted by atomic mass is 15.1. The summed E-state index contributed by atoms with van der Waals surface area (Å²) in [6, 6.07) is 74.6. The quantitative estimate of drug-likeness (QED) is 0.144. The molecular weight excluding hydrogens is 795 g/mol. The summed E-state index contributed by atoms with van der Waals surface area (Å²) in [7, 11) is 0. The lowest BCUT2D eigenvalue weighted by Gasteiger charge is -2.29. The van der Waals surface area contributed by atoms with Crippen LogP contribution in [0.1, 0.15) is 62.4 Å². The van der Waals surface area contributed by atoms with Crippen LogP contribution in [0.5, 0.6) is 0 Å². The molecule has 10 aromatic carbocycles. The number of hydrogen-bond acceptors (Lipinski definition) is 1. The lowest BCUT2D eigenvalue weighted by Crippen LogP contribution is -2.16. The number of fused-ring (bicyclic) bond motifs is 9. The van der Waals surface area contributed by atoms with Gasteiger partial charge in [-0.25, -0.2) is 0 Å². The summed E-state index contributed by atoms with van der Waals surface area (Å²) in [6.07, 6.45) is 6.85. The van der Waals surface area contributed by atoms with E-state index in [0.717, 1.165) is 17.1 Å². The van der Waals surface area contributed by atoms with Gasteiger partial charge in [-0.3, -0.25) is 0 Å². The molecule has 0 aromatic heterocycles. The fourth-order valence-corrected chi connectivity index (χ4v) is 11.1. The molecule has 0 saturated carbocycles. The second-order valence-electron chi connectivity index (χ2n) is 19.3. The van der Waals surface area contributed by atoms with Crippen molar-refractivity contribution in [3.05, 3.63) is 246 Å². The molecule has 2 aliphatic rings. The molecule has 1 nitrogen and oxygen atoms in total. The van der Waals surface area contributed by atoms with Crippen LogP contribution in [-0.2, 0) is 10.8 Å². The lowest BCUT2D eigenvalue weighted by molar-refractivity contribution is 0.661. The molecule has 0 atom stereocenters. The zero-order valence-electron chi connectivity index (χ0n) is 38.2. The monoisotopic (exact) mass is 845 g/mol. The third kappa shape index (κ3) is 6.37. The fourth-order valence-electron chi connectivity index (χ4n) is 11.1. The van der Waals surface area contributed by atoms with E-state index in [4.69, 9.17) is 0 Å². The molecule has 0 saturated heterocycles. The van der Waals surface area contributed by atoms with E-state index in [-0.39, 0.29) is 10.8 Å². The minimum Gasteiger partial charge on any atom is -0.310 e. The molecule has 0 bridgehead atoms. The first kappa shape index (κ1) is 39.8. The highest BCUT2D eigenvalue weighted by Gasteiger charge is 2.37. The van der Waals surface area contributed by atoms with Crippen molar-refractivity contribution in [2.45, 2.75) is 45.4 Å². The second-order valence-corrected chi connectivity index (χ2v) is 19.3. The maximum absolute atomic E-state index is 2.46. The first-order chi connectivity index (χ1) is 32.2. The van der Waals surface area contributed by atoms with Gasteiger partial charge in [0.2, 0.25) is 0 Å². The van der Waals surface area contributed by atoms with E-state index in [2.05, 4.69) is 258 Å². The zero-order valence-corrected chi connectivity index (χ0v) is 38.2. The van der Waals surface area contributed by atoms with Gasteiger partial charge in [-0.1, -0.05) is 179 Å². The summed E-state index contributed by atoms with van der Waals surface area (Å²) in [5.41, 5.74) is 20.0. The van der Waals surface area contributed by atoms with Gasteiger partial charge in [-0.2, -0.15) is 0 Å². The molecule has 0 fully saturated rings. The van der Waals surface area contributed by atoms with Crippen LogP contribution in [0.25, 0.3) is 82.9 Å². The van der Waals surface area contributed by atoms with E-state index in [1.807, 2.05) is 0 Å². The van der Waals surface area contributed by atoms with Gasteiger partial charge in [0, 0.05) is 27.8 Å². The predicted octanol–water partition coefficient (Wildman–Crippen LogP) is 17.8. The number of hydrogen-bond donors (Lipinski definition) is 0. The Balaban J connectivity index is 0.983. The van der Waals surface area contributed by atoms with Crippen LogP contribution in [0.4, 0.5) is 11.4 Å². The maximum atomic E-state index is 2.46. The summed E-state index contributed by atoms with van der Waals surface area (Å²) < 4.78 is 0. The van der Waals surface area contributed by atoms with E-state index in [1.54, 1.807) is 0 Å². The average Bonchev–Trinajstić information content (AvgIpc) is 3.70. The third-order valence-electron chi connectivity index (χ3n) is 14.8. The van der Waals surface area contributed by atoms with Crippen molar-refractivity contribution in [1.29, 1.82) is 0 Å². The van der Waals surface area contributed by atoms with Gasteiger partial charge in [0.15, 0.2) is 0 Å². The van der Waals surface area contributed by atoms with Crippen LogP contribution in [0.3, 0.4) is 0 Å². The molecule has 316 valence electrons. The van der Waals surface area contributed by atoms with Crippen molar-refractivity contribution in [2.75, 3.05) is 4.90 Å². The molecule has 10 aromatic rings. The van der Waals surface area contributed by atoms with Gasteiger partial charge in [-0.05, 0) is 173 Å². The first-order valence-electron chi connectivity index (χ1n) is 23.4. The smallest absolute Gasteiger partial charge is 0.0539 e. The first-order valence-corrected chi connectivity index (χ1v) is 23.4. The Bertz CT molecular complexity index is 3640. The second kappa shape index (κ2) is 15.2. The van der Waals surface area contributed by atoms with Crippen molar-refractivity contribution < 1.29 is 0 Å². The molecule has 12 rings (SSSR count). The van der Waals surface area contributed by atoms with Gasteiger partial charge in [0.05, 0.1) is 5.69 Å². The number of nitrogens with zero attached hydrogens (tertiary/aromatic N) is 1. The van der Waals surface area contributed by atoms with Crippen LogP contribution in [-0.4, -0.2) is 0 Å². The van der Waals surface area contributed by atoms with E-state index in [9.17, 15) is 0 Å². The molecule has 0 aliphatic heterocycles. The summed E-state index contributed by atoms with van der Waals surface area (Å²) in [5.74, 6) is 0. The Morgan fingerprint density at radius 3 is 1.48 bits per heavy atom. The van der Waals surface area contributed by atoms with Crippen LogP contribution in [0.15, 0.2) is 218 Å². The highest BCUT2D eigenvalue weighted by molar-refractivity contribution is 6.00. The molecule has 1 heteroatoms. The summed E-state index contributed by atoms with van der Waals surface area (Å²) in [5, 5.41) is 7.63. The van der Waals surface area contributed by atoms with Crippen LogP contribution in [0.2, 0.25) is 0 Å². The van der Waals surface area contributed by atoms with E-state index >= 15 is 0 Å². The Morgan fingerprint density at radius 2 is 0.864 bits per heavy atom. The van der Waals surface area contributed by atoms with Crippen molar-refractivity contribution in [2.24, 2.45) is 0 Å². The maximum Gasteiger partial charge on any atom is 0.0539 e. The molecule has 0 radical (unpaired) electrons. The summed E-state index contributed by atoms with van der Waals surface area (Å²) >= 11 is 0. The molecule has 2 aliphatic carbocycles. The largest absolute Gasteiger partial charge is 0.310 e. The summed E-state index contributed by atoms with van der Waals surface area (Å²) in [6.45, 7) is 11.7. The van der Waals surface area contributed by atoms with E-state index < -0.39 is 0 Å². The SMILES string of the molecule is C/C=C(\C=C/c1ccc2c(c1)-c1cc3ccccc3cc1C2(C)C)N(c1ccc2cc3c(cc2c1)C(C)(C)c1cc2ccccc2cc1-3)c1ccccc1-c1ccc(-c2ccccc2)cc1. The molecule has 66 heavy (non-hydrogen) atoms. The lowest BCUT2D eigenvalue weighted by atomic mass is 9.81. The van der Waals surface area contributed by atoms with E-state index in [0.29, 0.717) is 0 Å². The molecule has 0 spiro atoms. The van der Waals surface area contributed by atoms with E-state index in [1.165, 1.54) is 105 Å². The molecular formula is C65H51N. The number of rotatable bonds is 7. The van der Waals surface area contributed by atoms with Gasteiger partial charge in [0.1, 0.15) is 0 Å². The molecule has 0 N–H and O–H groups in total. The van der Waals surface area contributed by atoms with Crippen molar-refractivity contribution in [3.8, 4) is 44.5 Å². The van der Waals surface area contributed by atoms with Crippen LogP contribution < -0.4 is 4.90 Å². The molecule has 0 unspecified atom stereocenters. The highest BCUT2D eigenvalue weighted by Crippen LogP contribution is 2.53. The fraction of sp³-hybridized carbons (Fsp3) is 0.108. The Hall–Kier alpha value is -7.74. The number of allylic oxidation sites excluding steroid dienone is 2. The van der Waals surface area contributed by atoms with Gasteiger partial charge in [0.25, 0.3) is 0 Å². The Labute approximate surface area is 388 Å². The Kier molecular flexibility index (Phi) is 9.16.